The van der Waals surface area contributed by atoms with Crippen LogP contribution in [0.1, 0.15) is 17.3 Å². The van der Waals surface area contributed by atoms with E-state index in [9.17, 15) is 9.18 Å². The summed E-state index contributed by atoms with van der Waals surface area (Å²) in [4.78, 5) is 15.2. The number of esters is 1. The van der Waals surface area contributed by atoms with Gasteiger partial charge in [-0.2, -0.15) is 5.10 Å². The lowest BCUT2D eigenvalue weighted by molar-refractivity contribution is 0.0526. The number of carbonyl (C=O) groups excluding carboxylic acids is 1. The number of hydrogen-bond donors (Lipinski definition) is 0. The van der Waals surface area contributed by atoms with E-state index in [1.165, 1.54) is 18.6 Å². The van der Waals surface area contributed by atoms with Gasteiger partial charge in [0.1, 0.15) is 0 Å². The second-order valence-corrected chi connectivity index (χ2v) is 3.79. The van der Waals surface area contributed by atoms with Crippen LogP contribution in [-0.4, -0.2) is 27.3 Å². The molecule has 94 valence electrons. The van der Waals surface area contributed by atoms with Gasteiger partial charge in [0.2, 0.25) is 0 Å². The van der Waals surface area contributed by atoms with Crippen LogP contribution in [0.3, 0.4) is 0 Å². The molecule has 2 heterocycles. The molecule has 0 saturated heterocycles. The monoisotopic (exact) mass is 269 g/mol. The summed E-state index contributed by atoms with van der Waals surface area (Å²) >= 11 is 5.60. The molecule has 0 amide bonds. The first kappa shape index (κ1) is 12.5. The van der Waals surface area contributed by atoms with E-state index in [2.05, 4.69) is 10.1 Å². The molecule has 2 aromatic heterocycles. The lowest BCUT2D eigenvalue weighted by Gasteiger charge is -2.01. The zero-order chi connectivity index (χ0) is 13.1. The third-order valence-corrected chi connectivity index (χ3v) is 2.31. The summed E-state index contributed by atoms with van der Waals surface area (Å²) in [5.74, 6) is -1.17. The molecule has 0 bridgehead atoms. The zero-order valence-corrected chi connectivity index (χ0v) is 10.2. The van der Waals surface area contributed by atoms with E-state index < -0.39 is 11.8 Å². The van der Waals surface area contributed by atoms with E-state index in [1.54, 1.807) is 6.92 Å². The maximum atomic E-state index is 13.6. The number of halogens is 2. The summed E-state index contributed by atoms with van der Waals surface area (Å²) in [7, 11) is 0. The van der Waals surface area contributed by atoms with E-state index >= 15 is 0 Å². The van der Waals surface area contributed by atoms with Gasteiger partial charge >= 0.3 is 5.97 Å². The summed E-state index contributed by atoms with van der Waals surface area (Å²) in [6.45, 7) is 1.96. The number of hydrogen-bond acceptors (Lipinski definition) is 4. The Morgan fingerprint density at radius 1 is 1.56 bits per heavy atom. The first-order valence-electron chi connectivity index (χ1n) is 5.15. The fourth-order valence-corrected chi connectivity index (χ4v) is 1.48. The Morgan fingerprint density at radius 2 is 2.33 bits per heavy atom. The minimum atomic E-state index is -0.624. The van der Waals surface area contributed by atoms with Gasteiger partial charge in [0.25, 0.3) is 0 Å². The van der Waals surface area contributed by atoms with Crippen LogP contribution < -0.4 is 0 Å². The molecular formula is C11H9ClFN3O2. The number of rotatable bonds is 3. The van der Waals surface area contributed by atoms with Crippen molar-refractivity contribution in [3.8, 4) is 5.82 Å². The normalized spacial score (nSPS) is 10.4. The summed E-state index contributed by atoms with van der Waals surface area (Å²) < 4.78 is 19.5. The molecule has 0 aliphatic heterocycles. The van der Waals surface area contributed by atoms with Gasteiger partial charge in [-0.1, -0.05) is 11.6 Å². The van der Waals surface area contributed by atoms with E-state index in [0.717, 1.165) is 10.7 Å². The SMILES string of the molecule is CCOC(=O)c1cnn(-c2ncc(Cl)cc2F)c1. The Bertz CT molecular complexity index is 585. The predicted octanol–water partition coefficient (Wildman–Crippen LogP) is 2.24. The van der Waals surface area contributed by atoms with Gasteiger partial charge in [0.15, 0.2) is 11.6 Å². The van der Waals surface area contributed by atoms with Crippen LogP contribution in [0.15, 0.2) is 24.7 Å². The highest BCUT2D eigenvalue weighted by Crippen LogP contribution is 2.15. The van der Waals surface area contributed by atoms with Crippen molar-refractivity contribution in [1.82, 2.24) is 14.8 Å². The molecule has 0 unspecified atom stereocenters. The van der Waals surface area contributed by atoms with Gasteiger partial charge < -0.3 is 4.74 Å². The molecule has 0 atom stereocenters. The average molecular weight is 270 g/mol. The Kier molecular flexibility index (Phi) is 3.57. The molecule has 0 radical (unpaired) electrons. The number of pyridine rings is 1. The number of nitrogens with zero attached hydrogens (tertiary/aromatic N) is 3. The van der Waals surface area contributed by atoms with Crippen LogP contribution in [0.2, 0.25) is 5.02 Å². The highest BCUT2D eigenvalue weighted by atomic mass is 35.5. The molecule has 0 N–H and O–H groups in total. The van der Waals surface area contributed by atoms with Crippen LogP contribution in [0.4, 0.5) is 4.39 Å². The lowest BCUT2D eigenvalue weighted by Crippen LogP contribution is -2.04. The Balaban J connectivity index is 2.32. The molecule has 0 spiro atoms. The topological polar surface area (TPSA) is 57.0 Å². The molecule has 0 aromatic carbocycles. The van der Waals surface area contributed by atoms with Crippen molar-refractivity contribution >= 4 is 17.6 Å². The van der Waals surface area contributed by atoms with Gasteiger partial charge in [0, 0.05) is 12.4 Å². The molecule has 0 aliphatic rings. The number of ether oxygens (including phenoxy) is 1. The van der Waals surface area contributed by atoms with Crippen molar-refractivity contribution in [3.05, 3.63) is 41.1 Å². The van der Waals surface area contributed by atoms with Crippen LogP contribution >= 0.6 is 11.6 Å². The maximum Gasteiger partial charge on any atom is 0.341 e. The summed E-state index contributed by atoms with van der Waals surface area (Å²) in [5, 5.41) is 4.04. The second kappa shape index (κ2) is 5.14. The van der Waals surface area contributed by atoms with E-state index in [4.69, 9.17) is 16.3 Å². The average Bonchev–Trinajstić information content (AvgIpc) is 2.78. The largest absolute Gasteiger partial charge is 0.462 e. The quantitative estimate of drug-likeness (QED) is 0.802. The van der Waals surface area contributed by atoms with Crippen molar-refractivity contribution in [3.63, 3.8) is 0 Å². The van der Waals surface area contributed by atoms with Crippen molar-refractivity contribution in [2.45, 2.75) is 6.92 Å². The zero-order valence-electron chi connectivity index (χ0n) is 9.43. The van der Waals surface area contributed by atoms with Crippen LogP contribution in [0, 0.1) is 5.82 Å². The van der Waals surface area contributed by atoms with E-state index in [1.807, 2.05) is 0 Å². The summed E-state index contributed by atoms with van der Waals surface area (Å²) in [5.41, 5.74) is 0.230. The van der Waals surface area contributed by atoms with Gasteiger partial charge in [-0.05, 0) is 13.0 Å². The molecule has 2 aromatic rings. The molecule has 18 heavy (non-hydrogen) atoms. The van der Waals surface area contributed by atoms with E-state index in [0.29, 0.717) is 0 Å². The number of aromatic nitrogens is 3. The fraction of sp³-hybridized carbons (Fsp3) is 0.182. The van der Waals surface area contributed by atoms with Crippen molar-refractivity contribution in [1.29, 1.82) is 0 Å². The second-order valence-electron chi connectivity index (χ2n) is 3.35. The first-order chi connectivity index (χ1) is 8.61. The third kappa shape index (κ3) is 2.48. The predicted molar refractivity (Wildman–Crippen MR) is 62.3 cm³/mol. The minimum Gasteiger partial charge on any atom is -0.462 e. The number of carbonyl (C=O) groups is 1. The fourth-order valence-electron chi connectivity index (χ4n) is 1.33. The summed E-state index contributed by atoms with van der Waals surface area (Å²) in [6.07, 6.45) is 3.93. The van der Waals surface area contributed by atoms with Crippen LogP contribution in [0.5, 0.6) is 0 Å². The molecule has 0 aliphatic carbocycles. The first-order valence-corrected chi connectivity index (χ1v) is 5.53. The highest BCUT2D eigenvalue weighted by Gasteiger charge is 2.13. The Labute approximate surface area is 107 Å². The molecule has 0 fully saturated rings. The van der Waals surface area contributed by atoms with Crippen LogP contribution in [-0.2, 0) is 4.74 Å². The van der Waals surface area contributed by atoms with Crippen molar-refractivity contribution < 1.29 is 13.9 Å². The molecule has 2 rings (SSSR count). The van der Waals surface area contributed by atoms with Crippen LogP contribution in [0.25, 0.3) is 5.82 Å². The molecular weight excluding hydrogens is 261 g/mol. The third-order valence-electron chi connectivity index (χ3n) is 2.10. The molecule has 5 nitrogen and oxygen atoms in total. The van der Waals surface area contributed by atoms with Gasteiger partial charge in [-0.3, -0.25) is 0 Å². The highest BCUT2D eigenvalue weighted by molar-refractivity contribution is 6.30. The van der Waals surface area contributed by atoms with Gasteiger partial charge in [-0.25, -0.2) is 18.9 Å². The Hall–Kier alpha value is -1.95. The van der Waals surface area contributed by atoms with E-state index in [-0.39, 0.29) is 23.0 Å². The van der Waals surface area contributed by atoms with Gasteiger partial charge in [-0.15, -0.1) is 0 Å². The Morgan fingerprint density at radius 3 is 3.00 bits per heavy atom. The maximum absolute atomic E-state index is 13.6. The van der Waals surface area contributed by atoms with Gasteiger partial charge in [0.05, 0.1) is 23.4 Å². The minimum absolute atomic E-state index is 0.0325. The molecule has 0 saturated carbocycles. The smallest absolute Gasteiger partial charge is 0.341 e. The van der Waals surface area contributed by atoms with Crippen molar-refractivity contribution in [2.75, 3.05) is 6.61 Å². The summed E-state index contributed by atoms with van der Waals surface area (Å²) in [6, 6.07) is 1.12. The molecule has 7 heteroatoms. The van der Waals surface area contributed by atoms with Crippen molar-refractivity contribution in [2.24, 2.45) is 0 Å². The standard InChI is InChI=1S/C11H9ClFN3O2/c1-2-18-11(17)7-4-15-16(6-7)10-9(13)3-8(12)5-14-10/h3-6H,2H2,1H3. The lowest BCUT2D eigenvalue weighted by atomic mass is 10.4.